The fourth-order valence-electron chi connectivity index (χ4n) is 4.61. The molecular weight excluding hydrogens is 442 g/mol. The van der Waals surface area contributed by atoms with Crippen LogP contribution in [0.4, 0.5) is 8.78 Å². The fraction of sp³-hybridized carbons (Fsp3) is 0.815. The number of hydrogen-bond donors (Lipinski definition) is 1. The van der Waals surface area contributed by atoms with E-state index in [0.717, 1.165) is 44.9 Å². The predicted molar refractivity (Wildman–Crippen MR) is 129 cm³/mol. The van der Waals surface area contributed by atoms with Crippen LogP contribution in [0, 0.1) is 11.8 Å². The molecule has 0 bridgehead atoms. The van der Waals surface area contributed by atoms with Gasteiger partial charge in [-0.3, -0.25) is 9.59 Å². The molecule has 0 aromatic rings. The minimum atomic E-state index is -3.32. The standard InChI is InChI=1S/C27H44F2O5/c1-4-5-6-13-18-27(28,29)25(32)17-16-22-21(23(30)19-24(22)31)14-11-9-7-8-10-12-15-26(33)34-20(2)3/h12,15,20-22,24,31H,4-11,13-14,16-19H2,1-3H3/b15-12+/t21-,22-,24-/m1/s1. The molecule has 1 aliphatic rings. The average molecular weight is 487 g/mol. The molecule has 1 rings (SSSR count). The Hall–Kier alpha value is -1.63. The number of unbranched alkanes of at least 4 members (excludes halogenated alkanes) is 7. The maximum absolute atomic E-state index is 14.2. The number of rotatable bonds is 18. The van der Waals surface area contributed by atoms with Crippen molar-refractivity contribution in [3.8, 4) is 0 Å². The summed E-state index contributed by atoms with van der Waals surface area (Å²) in [7, 11) is 0. The Bertz CT molecular complexity index is 659. The predicted octanol–water partition coefficient (Wildman–Crippen LogP) is 6.36. The number of esters is 1. The highest BCUT2D eigenvalue weighted by atomic mass is 19.3. The lowest BCUT2D eigenvalue weighted by Crippen LogP contribution is -2.30. The first kappa shape index (κ1) is 30.4. The smallest absolute Gasteiger partial charge is 0.330 e. The second-order valence-electron chi connectivity index (χ2n) is 9.86. The van der Waals surface area contributed by atoms with Gasteiger partial charge in [0.15, 0.2) is 0 Å². The zero-order valence-corrected chi connectivity index (χ0v) is 21.2. The quantitative estimate of drug-likeness (QED) is 0.139. The highest BCUT2D eigenvalue weighted by molar-refractivity contribution is 5.86. The first-order chi connectivity index (χ1) is 16.1. The van der Waals surface area contributed by atoms with Gasteiger partial charge in [0.05, 0.1) is 12.2 Å². The van der Waals surface area contributed by atoms with E-state index < -0.39 is 30.1 Å². The van der Waals surface area contributed by atoms with E-state index in [-0.39, 0.29) is 43.0 Å². The van der Waals surface area contributed by atoms with Crippen molar-refractivity contribution in [1.82, 2.24) is 0 Å². The zero-order valence-electron chi connectivity index (χ0n) is 21.2. The number of allylic oxidation sites excluding steroid dienone is 1. The number of halogens is 2. The molecule has 196 valence electrons. The van der Waals surface area contributed by atoms with E-state index in [1.807, 2.05) is 6.92 Å². The average Bonchev–Trinajstić information content (AvgIpc) is 3.02. The van der Waals surface area contributed by atoms with Crippen LogP contribution in [-0.4, -0.2) is 40.8 Å². The van der Waals surface area contributed by atoms with Crippen LogP contribution < -0.4 is 0 Å². The van der Waals surface area contributed by atoms with Crippen LogP contribution in [0.15, 0.2) is 12.2 Å². The zero-order chi connectivity index (χ0) is 25.6. The summed E-state index contributed by atoms with van der Waals surface area (Å²) in [6, 6.07) is 0. The van der Waals surface area contributed by atoms with Crippen molar-refractivity contribution in [2.75, 3.05) is 0 Å². The van der Waals surface area contributed by atoms with Crippen LogP contribution in [-0.2, 0) is 19.1 Å². The molecule has 1 saturated carbocycles. The first-order valence-electron chi connectivity index (χ1n) is 13.1. The molecule has 0 aromatic heterocycles. The molecule has 34 heavy (non-hydrogen) atoms. The Morgan fingerprint density at radius 3 is 2.44 bits per heavy atom. The maximum Gasteiger partial charge on any atom is 0.330 e. The van der Waals surface area contributed by atoms with Gasteiger partial charge in [-0.2, -0.15) is 8.78 Å². The van der Waals surface area contributed by atoms with Crippen LogP contribution in [0.25, 0.3) is 0 Å². The molecule has 0 aromatic carbocycles. The van der Waals surface area contributed by atoms with Crippen LogP contribution in [0.3, 0.4) is 0 Å². The van der Waals surface area contributed by atoms with Gasteiger partial charge in [0, 0.05) is 31.3 Å². The molecule has 1 aliphatic carbocycles. The largest absolute Gasteiger partial charge is 0.460 e. The third-order valence-electron chi connectivity index (χ3n) is 6.53. The summed E-state index contributed by atoms with van der Waals surface area (Å²) in [5.74, 6) is -5.53. The Balaban J connectivity index is 2.35. The number of ether oxygens (including phenoxy) is 1. The molecule has 0 heterocycles. The van der Waals surface area contributed by atoms with Crippen molar-refractivity contribution >= 4 is 17.5 Å². The van der Waals surface area contributed by atoms with Crippen molar-refractivity contribution in [2.45, 2.75) is 129 Å². The summed E-state index contributed by atoms with van der Waals surface area (Å²) >= 11 is 0. The number of Topliss-reactive ketones (excluding diaryl/α,β-unsaturated/α-hetero) is 2. The van der Waals surface area contributed by atoms with Gasteiger partial charge in [0.25, 0.3) is 0 Å². The maximum atomic E-state index is 14.2. The van der Waals surface area contributed by atoms with Crippen molar-refractivity contribution in [3.63, 3.8) is 0 Å². The molecular formula is C27H44F2O5. The molecule has 0 amide bonds. The van der Waals surface area contributed by atoms with Gasteiger partial charge in [0.2, 0.25) is 5.78 Å². The fourth-order valence-corrected chi connectivity index (χ4v) is 4.61. The molecule has 0 saturated heterocycles. The Morgan fingerprint density at radius 2 is 1.76 bits per heavy atom. The topological polar surface area (TPSA) is 80.7 Å². The van der Waals surface area contributed by atoms with Crippen LogP contribution in [0.1, 0.15) is 111 Å². The molecule has 0 aliphatic heterocycles. The summed E-state index contributed by atoms with van der Waals surface area (Å²) in [4.78, 5) is 35.9. The lowest BCUT2D eigenvalue weighted by Gasteiger charge is -2.22. The van der Waals surface area contributed by atoms with Gasteiger partial charge in [-0.15, -0.1) is 0 Å². The Morgan fingerprint density at radius 1 is 1.09 bits per heavy atom. The van der Waals surface area contributed by atoms with Gasteiger partial charge < -0.3 is 9.84 Å². The summed E-state index contributed by atoms with van der Waals surface area (Å²) < 4.78 is 33.3. The van der Waals surface area contributed by atoms with E-state index in [9.17, 15) is 28.3 Å². The van der Waals surface area contributed by atoms with Gasteiger partial charge in [-0.1, -0.05) is 51.5 Å². The Kier molecular flexibility index (Phi) is 14.4. The van der Waals surface area contributed by atoms with Crippen molar-refractivity contribution in [3.05, 3.63) is 12.2 Å². The van der Waals surface area contributed by atoms with Crippen molar-refractivity contribution in [1.29, 1.82) is 0 Å². The monoisotopic (exact) mass is 486 g/mol. The number of carbonyl (C=O) groups excluding carboxylic acids is 3. The molecule has 0 unspecified atom stereocenters. The lowest BCUT2D eigenvalue weighted by molar-refractivity contribution is -0.144. The van der Waals surface area contributed by atoms with E-state index in [0.29, 0.717) is 19.3 Å². The molecule has 5 nitrogen and oxygen atoms in total. The Labute approximate surface area is 203 Å². The van der Waals surface area contributed by atoms with E-state index in [4.69, 9.17) is 4.74 Å². The second kappa shape index (κ2) is 16.1. The van der Waals surface area contributed by atoms with Crippen LogP contribution >= 0.6 is 0 Å². The molecule has 3 atom stereocenters. The summed E-state index contributed by atoms with van der Waals surface area (Å²) in [5.41, 5.74) is 0. The van der Waals surface area contributed by atoms with E-state index in [2.05, 4.69) is 0 Å². The third kappa shape index (κ3) is 11.7. The van der Waals surface area contributed by atoms with Gasteiger partial charge in [-0.25, -0.2) is 4.79 Å². The number of alkyl halides is 2. The lowest BCUT2D eigenvalue weighted by atomic mass is 9.85. The van der Waals surface area contributed by atoms with Gasteiger partial charge in [-0.05, 0) is 51.9 Å². The summed E-state index contributed by atoms with van der Waals surface area (Å²) in [6.07, 6.45) is 9.53. The van der Waals surface area contributed by atoms with E-state index in [1.54, 1.807) is 19.9 Å². The molecule has 7 heteroatoms. The van der Waals surface area contributed by atoms with E-state index in [1.165, 1.54) is 6.08 Å². The third-order valence-corrected chi connectivity index (χ3v) is 6.53. The number of hydrogen-bond acceptors (Lipinski definition) is 5. The minimum absolute atomic E-state index is 0.0251. The SMILES string of the molecule is CCCCCCC(F)(F)C(=O)CC[C@H]1[C@H](O)CC(=O)[C@@H]1CCCCCC/C=C/C(=O)OC(C)C. The van der Waals surface area contributed by atoms with Gasteiger partial charge >= 0.3 is 11.9 Å². The van der Waals surface area contributed by atoms with Crippen LogP contribution in [0.2, 0.25) is 0 Å². The van der Waals surface area contributed by atoms with Crippen molar-refractivity contribution in [2.24, 2.45) is 11.8 Å². The molecule has 0 spiro atoms. The van der Waals surface area contributed by atoms with Gasteiger partial charge in [0.1, 0.15) is 5.78 Å². The highest BCUT2D eigenvalue weighted by Gasteiger charge is 2.43. The number of aliphatic hydroxyl groups excluding tert-OH is 1. The summed E-state index contributed by atoms with van der Waals surface area (Å²) in [5, 5.41) is 10.3. The van der Waals surface area contributed by atoms with Crippen LogP contribution in [0.5, 0.6) is 0 Å². The second-order valence-corrected chi connectivity index (χ2v) is 9.86. The number of ketones is 2. The van der Waals surface area contributed by atoms with E-state index >= 15 is 0 Å². The first-order valence-corrected chi connectivity index (χ1v) is 13.1. The normalized spacial score (nSPS) is 21.0. The minimum Gasteiger partial charge on any atom is -0.460 e. The molecule has 1 N–H and O–H groups in total. The molecule has 1 fully saturated rings. The number of aliphatic hydroxyl groups is 1. The highest BCUT2D eigenvalue weighted by Crippen LogP contribution is 2.37. The molecule has 0 radical (unpaired) electrons. The number of carbonyl (C=O) groups is 3. The van der Waals surface area contributed by atoms with Crippen molar-refractivity contribution < 1.29 is 33.0 Å². The summed E-state index contributed by atoms with van der Waals surface area (Å²) in [6.45, 7) is 5.60.